The number of thiophene rings is 1. The molecule has 1 aromatic rings. The van der Waals surface area contributed by atoms with Crippen LogP contribution >= 0.6 is 22.9 Å². The molecule has 1 N–H and O–H groups in total. The van der Waals surface area contributed by atoms with E-state index in [4.69, 9.17) is 11.6 Å². The van der Waals surface area contributed by atoms with Crippen molar-refractivity contribution in [3.05, 3.63) is 21.3 Å². The van der Waals surface area contributed by atoms with Crippen LogP contribution in [-0.4, -0.2) is 31.1 Å². The van der Waals surface area contributed by atoms with Crippen LogP contribution in [0.5, 0.6) is 0 Å². The molecule has 1 aromatic heterocycles. The van der Waals surface area contributed by atoms with Crippen LogP contribution in [0.2, 0.25) is 5.02 Å². The van der Waals surface area contributed by atoms with Crippen molar-refractivity contribution < 1.29 is 0 Å². The smallest absolute Gasteiger partial charge is 0.0516 e. The molecule has 0 bridgehead atoms. The van der Waals surface area contributed by atoms with Gasteiger partial charge in [0.2, 0.25) is 0 Å². The van der Waals surface area contributed by atoms with Crippen LogP contribution in [0.1, 0.15) is 30.6 Å². The Bertz CT molecular complexity index is 319. The maximum absolute atomic E-state index is 5.89. The second-order valence-corrected chi connectivity index (χ2v) is 6.10. The molecule has 2 nitrogen and oxygen atoms in total. The van der Waals surface area contributed by atoms with Crippen molar-refractivity contribution in [2.75, 3.05) is 26.2 Å². The van der Waals surface area contributed by atoms with E-state index in [0.717, 1.165) is 18.1 Å². The van der Waals surface area contributed by atoms with Crippen molar-refractivity contribution in [3.63, 3.8) is 0 Å². The normalized spacial score (nSPS) is 18.2. The van der Waals surface area contributed by atoms with E-state index in [1.807, 2.05) is 11.4 Å². The Morgan fingerprint density at radius 3 is 2.65 bits per heavy atom. The monoisotopic (exact) mass is 272 g/mol. The molecule has 2 heterocycles. The second kappa shape index (κ2) is 7.37. The first kappa shape index (κ1) is 13.3. The Balaban J connectivity index is 1.59. The fourth-order valence-electron chi connectivity index (χ4n) is 2.26. The highest BCUT2D eigenvalue weighted by Gasteiger charge is 2.07. The van der Waals surface area contributed by atoms with Crippen LogP contribution in [-0.2, 0) is 6.54 Å². The van der Waals surface area contributed by atoms with Crippen LogP contribution < -0.4 is 5.32 Å². The molecular formula is C13H21ClN2S. The van der Waals surface area contributed by atoms with Crippen LogP contribution in [0.25, 0.3) is 0 Å². The maximum Gasteiger partial charge on any atom is 0.0516 e. The highest BCUT2D eigenvalue weighted by atomic mass is 35.5. The molecule has 1 aliphatic heterocycles. The van der Waals surface area contributed by atoms with Crippen LogP contribution in [0, 0.1) is 0 Å². The van der Waals surface area contributed by atoms with Gasteiger partial charge < -0.3 is 10.2 Å². The maximum atomic E-state index is 5.89. The standard InChI is InChI=1S/C13H21ClN2S/c14-12-9-13(17-11-12)10-15-5-8-16-6-3-1-2-4-7-16/h9,11,15H,1-8,10H2. The summed E-state index contributed by atoms with van der Waals surface area (Å²) >= 11 is 7.62. The molecule has 0 spiro atoms. The van der Waals surface area contributed by atoms with E-state index in [2.05, 4.69) is 10.2 Å². The largest absolute Gasteiger partial charge is 0.311 e. The zero-order chi connectivity index (χ0) is 11.9. The minimum absolute atomic E-state index is 0.860. The van der Waals surface area contributed by atoms with E-state index < -0.39 is 0 Å². The Labute approximate surface area is 113 Å². The van der Waals surface area contributed by atoms with Gasteiger partial charge in [-0.3, -0.25) is 0 Å². The highest BCUT2D eigenvalue weighted by Crippen LogP contribution is 2.18. The fraction of sp³-hybridized carbons (Fsp3) is 0.692. The SMILES string of the molecule is Clc1csc(CNCCN2CCCCCC2)c1. The average molecular weight is 273 g/mol. The summed E-state index contributed by atoms with van der Waals surface area (Å²) in [5.41, 5.74) is 0. The van der Waals surface area contributed by atoms with E-state index >= 15 is 0 Å². The molecule has 0 unspecified atom stereocenters. The van der Waals surface area contributed by atoms with Crippen molar-refractivity contribution in [2.24, 2.45) is 0 Å². The predicted octanol–water partition coefficient (Wildman–Crippen LogP) is 3.37. The molecule has 1 fully saturated rings. The van der Waals surface area contributed by atoms with Gasteiger partial charge in [-0.25, -0.2) is 0 Å². The molecule has 0 radical (unpaired) electrons. The first-order valence-electron chi connectivity index (χ1n) is 6.50. The molecule has 17 heavy (non-hydrogen) atoms. The van der Waals surface area contributed by atoms with E-state index in [1.54, 1.807) is 11.3 Å². The second-order valence-electron chi connectivity index (χ2n) is 4.66. The molecule has 0 aliphatic carbocycles. The molecule has 96 valence electrons. The molecule has 0 aromatic carbocycles. The highest BCUT2D eigenvalue weighted by molar-refractivity contribution is 7.10. The third-order valence-corrected chi connectivity index (χ3v) is 4.51. The molecule has 0 amide bonds. The van der Waals surface area contributed by atoms with Gasteiger partial charge in [0.1, 0.15) is 0 Å². The molecular weight excluding hydrogens is 252 g/mol. The summed E-state index contributed by atoms with van der Waals surface area (Å²) in [6, 6.07) is 2.05. The van der Waals surface area contributed by atoms with Crippen molar-refractivity contribution in [1.29, 1.82) is 0 Å². The summed E-state index contributed by atoms with van der Waals surface area (Å²) in [5, 5.41) is 6.35. The van der Waals surface area contributed by atoms with Gasteiger partial charge in [0.15, 0.2) is 0 Å². The van der Waals surface area contributed by atoms with Crippen molar-refractivity contribution in [3.8, 4) is 0 Å². The number of nitrogens with zero attached hydrogens (tertiary/aromatic N) is 1. The molecule has 0 atom stereocenters. The van der Waals surface area contributed by atoms with Gasteiger partial charge in [0, 0.05) is 29.9 Å². The molecule has 2 rings (SSSR count). The van der Waals surface area contributed by atoms with Gasteiger partial charge in [-0.1, -0.05) is 24.4 Å². The zero-order valence-electron chi connectivity index (χ0n) is 10.3. The molecule has 0 saturated carbocycles. The van der Waals surface area contributed by atoms with Gasteiger partial charge in [0.25, 0.3) is 0 Å². The summed E-state index contributed by atoms with van der Waals surface area (Å²) in [6.07, 6.45) is 5.58. The third kappa shape index (κ3) is 4.96. The van der Waals surface area contributed by atoms with Crippen molar-refractivity contribution >= 4 is 22.9 Å². The number of nitrogens with one attached hydrogen (secondary N) is 1. The fourth-order valence-corrected chi connectivity index (χ4v) is 3.30. The lowest BCUT2D eigenvalue weighted by Crippen LogP contribution is -2.32. The Morgan fingerprint density at radius 2 is 2.00 bits per heavy atom. The summed E-state index contributed by atoms with van der Waals surface area (Å²) in [6.45, 7) is 5.78. The molecule has 1 aliphatic rings. The molecule has 4 heteroatoms. The number of rotatable bonds is 5. The Morgan fingerprint density at radius 1 is 1.24 bits per heavy atom. The summed E-state index contributed by atoms with van der Waals surface area (Å²) in [4.78, 5) is 3.91. The van der Waals surface area contributed by atoms with E-state index in [9.17, 15) is 0 Å². The minimum atomic E-state index is 0.860. The Kier molecular flexibility index (Phi) is 5.78. The van der Waals surface area contributed by atoms with Crippen LogP contribution in [0.4, 0.5) is 0 Å². The Hall–Kier alpha value is -0.0900. The van der Waals surface area contributed by atoms with Gasteiger partial charge in [-0.05, 0) is 32.0 Å². The summed E-state index contributed by atoms with van der Waals surface area (Å²) < 4.78 is 0. The first-order valence-corrected chi connectivity index (χ1v) is 7.76. The lowest BCUT2D eigenvalue weighted by atomic mass is 10.2. The van der Waals surface area contributed by atoms with Gasteiger partial charge in [-0.2, -0.15) is 0 Å². The lowest BCUT2D eigenvalue weighted by molar-refractivity contribution is 0.284. The number of hydrogen-bond donors (Lipinski definition) is 1. The van der Waals surface area contributed by atoms with Gasteiger partial charge >= 0.3 is 0 Å². The van der Waals surface area contributed by atoms with E-state index in [0.29, 0.717) is 0 Å². The van der Waals surface area contributed by atoms with Gasteiger partial charge in [0.05, 0.1) is 5.02 Å². The minimum Gasteiger partial charge on any atom is -0.311 e. The average Bonchev–Trinajstić information content (AvgIpc) is 2.59. The summed E-state index contributed by atoms with van der Waals surface area (Å²) in [5.74, 6) is 0. The quantitative estimate of drug-likeness (QED) is 0.827. The van der Waals surface area contributed by atoms with Crippen molar-refractivity contribution in [1.82, 2.24) is 10.2 Å². The molecule has 1 saturated heterocycles. The van der Waals surface area contributed by atoms with Crippen LogP contribution in [0.15, 0.2) is 11.4 Å². The third-order valence-electron chi connectivity index (χ3n) is 3.22. The van der Waals surface area contributed by atoms with Gasteiger partial charge in [-0.15, -0.1) is 11.3 Å². The van der Waals surface area contributed by atoms with Crippen LogP contribution in [0.3, 0.4) is 0 Å². The number of halogens is 1. The topological polar surface area (TPSA) is 15.3 Å². The van der Waals surface area contributed by atoms with Crippen molar-refractivity contribution in [2.45, 2.75) is 32.2 Å². The predicted molar refractivity (Wildman–Crippen MR) is 75.9 cm³/mol. The van der Waals surface area contributed by atoms with E-state index in [1.165, 1.54) is 50.2 Å². The van der Waals surface area contributed by atoms with E-state index in [-0.39, 0.29) is 0 Å². The summed E-state index contributed by atoms with van der Waals surface area (Å²) in [7, 11) is 0. The number of hydrogen-bond acceptors (Lipinski definition) is 3. The number of likely N-dealkylation sites (tertiary alicyclic amines) is 1. The zero-order valence-corrected chi connectivity index (χ0v) is 11.8. The first-order chi connectivity index (χ1) is 8.34. The lowest BCUT2D eigenvalue weighted by Gasteiger charge is -2.19.